The Bertz CT molecular complexity index is 2790. The summed E-state index contributed by atoms with van der Waals surface area (Å²) in [6, 6.07) is 21.5. The van der Waals surface area contributed by atoms with Crippen molar-refractivity contribution >= 4 is 66.1 Å². The SMILES string of the molecule is [C-]#[N+]c1ccc(C[C@@H](c2nnc(-c3ccc(NC(C)=O)cc3)o2)[C@H](C)O)c(C)c1Cl.[C-]#[N+]c1ccc(C[C@@H](c2nnc(-c3ccc(NC(C)=O)cc3)o2)[C@H](C)O[Si](C)(C)C(C)(C)C)c(C)c1Cl. The highest BCUT2D eigenvalue weighted by molar-refractivity contribution is 6.74. The van der Waals surface area contributed by atoms with Gasteiger partial charge in [-0.05, 0) is 129 Å². The summed E-state index contributed by atoms with van der Waals surface area (Å²) in [5.74, 6) is 0.581. The largest absolute Gasteiger partial charge is 0.420 e. The first kappa shape index (κ1) is 51.8. The molecule has 6 aromatic rings. The molecule has 17 heteroatoms. The Morgan fingerprint density at radius 1 is 0.701 bits per heavy atom. The molecule has 0 aliphatic rings. The molecular formula is C50H56Cl2N8O6Si. The van der Waals surface area contributed by atoms with Gasteiger partial charge in [0.05, 0.1) is 47.2 Å². The topological polar surface area (TPSA) is 174 Å². The van der Waals surface area contributed by atoms with E-state index in [2.05, 4.69) is 81.5 Å². The van der Waals surface area contributed by atoms with Gasteiger partial charge in [-0.1, -0.05) is 68.2 Å². The van der Waals surface area contributed by atoms with Crippen molar-refractivity contribution in [3.05, 3.63) is 140 Å². The number of carbonyl (C=O) groups excluding carboxylic acids is 2. The maximum absolute atomic E-state index is 11.3. The summed E-state index contributed by atoms with van der Waals surface area (Å²) in [5.41, 5.74) is 7.23. The maximum atomic E-state index is 11.3. The third-order valence-corrected chi connectivity index (χ3v) is 17.5. The first-order chi connectivity index (χ1) is 31.5. The Balaban J connectivity index is 0.000000256. The van der Waals surface area contributed by atoms with Crippen molar-refractivity contribution in [3.63, 3.8) is 0 Å². The number of rotatable bonds is 14. The van der Waals surface area contributed by atoms with Crippen LogP contribution in [0.1, 0.15) is 94.3 Å². The molecule has 14 nitrogen and oxygen atoms in total. The van der Waals surface area contributed by atoms with Gasteiger partial charge in [0.25, 0.3) is 0 Å². The van der Waals surface area contributed by atoms with Crippen LogP contribution in [-0.2, 0) is 26.9 Å². The van der Waals surface area contributed by atoms with Gasteiger partial charge in [0.15, 0.2) is 8.32 Å². The number of hydrogen-bond donors (Lipinski definition) is 3. The summed E-state index contributed by atoms with van der Waals surface area (Å²) >= 11 is 12.8. The van der Waals surface area contributed by atoms with Gasteiger partial charge in [0.1, 0.15) is 0 Å². The number of aliphatic hydroxyl groups is 1. The van der Waals surface area contributed by atoms with Crippen molar-refractivity contribution in [1.82, 2.24) is 20.4 Å². The van der Waals surface area contributed by atoms with Gasteiger partial charge in [0.2, 0.25) is 46.8 Å². The van der Waals surface area contributed by atoms with Crippen LogP contribution in [0.3, 0.4) is 0 Å². The molecule has 0 radical (unpaired) electrons. The fourth-order valence-corrected chi connectivity index (χ4v) is 8.85. The normalized spacial score (nSPS) is 13.3. The molecule has 350 valence electrons. The average Bonchev–Trinajstić information content (AvgIpc) is 3.96. The summed E-state index contributed by atoms with van der Waals surface area (Å²) in [6.45, 7) is 36.0. The summed E-state index contributed by atoms with van der Waals surface area (Å²) < 4.78 is 18.8. The van der Waals surface area contributed by atoms with Crippen molar-refractivity contribution in [2.75, 3.05) is 10.6 Å². The monoisotopic (exact) mass is 962 g/mol. The summed E-state index contributed by atoms with van der Waals surface area (Å²) in [6.07, 6.45) is 0.0713. The van der Waals surface area contributed by atoms with Crippen molar-refractivity contribution < 1.29 is 28.0 Å². The number of amides is 2. The number of aromatic nitrogens is 4. The molecule has 2 amide bonds. The van der Waals surface area contributed by atoms with Crippen LogP contribution in [0.2, 0.25) is 28.2 Å². The molecule has 0 saturated carbocycles. The highest BCUT2D eigenvalue weighted by Gasteiger charge is 2.41. The van der Waals surface area contributed by atoms with Gasteiger partial charge in [0, 0.05) is 36.3 Å². The Hall–Kier alpha value is -6.20. The minimum atomic E-state index is -2.09. The number of nitrogens with zero attached hydrogens (tertiary/aromatic N) is 6. The molecule has 0 saturated heterocycles. The molecule has 0 bridgehead atoms. The zero-order valence-corrected chi connectivity index (χ0v) is 42.1. The lowest BCUT2D eigenvalue weighted by Crippen LogP contribution is -2.44. The van der Waals surface area contributed by atoms with E-state index in [0.717, 1.165) is 27.8 Å². The second-order valence-electron chi connectivity index (χ2n) is 17.9. The van der Waals surface area contributed by atoms with E-state index in [0.29, 0.717) is 74.8 Å². The highest BCUT2D eigenvalue weighted by atomic mass is 35.5. The van der Waals surface area contributed by atoms with Crippen molar-refractivity contribution in [3.8, 4) is 22.9 Å². The van der Waals surface area contributed by atoms with E-state index < -0.39 is 20.3 Å². The molecule has 0 spiro atoms. The van der Waals surface area contributed by atoms with Crippen LogP contribution in [0, 0.1) is 27.0 Å². The van der Waals surface area contributed by atoms with Gasteiger partial charge in [-0.3, -0.25) is 9.59 Å². The molecule has 0 unspecified atom stereocenters. The van der Waals surface area contributed by atoms with Crippen LogP contribution in [0.5, 0.6) is 0 Å². The average molecular weight is 964 g/mol. The fraction of sp³-hybridized carbons (Fsp3) is 0.360. The third kappa shape index (κ3) is 13.0. The molecule has 4 aromatic carbocycles. The molecule has 67 heavy (non-hydrogen) atoms. The van der Waals surface area contributed by atoms with Gasteiger partial charge in [-0.15, -0.1) is 20.4 Å². The zero-order valence-electron chi connectivity index (χ0n) is 39.6. The molecule has 0 aliphatic heterocycles. The van der Waals surface area contributed by atoms with E-state index in [-0.39, 0.29) is 28.9 Å². The number of aliphatic hydroxyl groups excluding tert-OH is 1. The lowest BCUT2D eigenvalue weighted by Gasteiger charge is -2.40. The minimum Gasteiger partial charge on any atom is -0.420 e. The quantitative estimate of drug-likeness (QED) is 0.0704. The van der Waals surface area contributed by atoms with E-state index in [9.17, 15) is 14.7 Å². The molecule has 0 fully saturated rings. The number of halogens is 2. The van der Waals surface area contributed by atoms with E-state index in [1.165, 1.54) is 13.8 Å². The molecule has 4 atom stereocenters. The predicted octanol–water partition coefficient (Wildman–Crippen LogP) is 12.9. The van der Waals surface area contributed by atoms with Gasteiger partial charge < -0.3 is 29.0 Å². The zero-order chi connectivity index (χ0) is 49.4. The second-order valence-corrected chi connectivity index (χ2v) is 23.5. The number of anilines is 2. The third-order valence-electron chi connectivity index (χ3n) is 11.9. The van der Waals surface area contributed by atoms with Crippen molar-refractivity contribution in [1.29, 1.82) is 0 Å². The Morgan fingerprint density at radius 3 is 1.45 bits per heavy atom. The van der Waals surface area contributed by atoms with E-state index in [4.69, 9.17) is 49.6 Å². The number of carbonyl (C=O) groups is 2. The van der Waals surface area contributed by atoms with Crippen LogP contribution in [0.15, 0.2) is 81.6 Å². The number of nitrogens with one attached hydrogen (secondary N) is 2. The fourth-order valence-electron chi connectivity index (χ4n) is 6.95. The number of benzene rings is 4. The minimum absolute atomic E-state index is 0.0397. The van der Waals surface area contributed by atoms with Gasteiger partial charge in [-0.2, -0.15) is 0 Å². The van der Waals surface area contributed by atoms with Gasteiger partial charge >= 0.3 is 0 Å². The maximum Gasteiger partial charge on any atom is 0.247 e. The molecule has 0 aliphatic carbocycles. The van der Waals surface area contributed by atoms with E-state index in [1.54, 1.807) is 55.5 Å². The Morgan fingerprint density at radius 2 is 1.09 bits per heavy atom. The standard InChI is InChI=1S/C28H35ClN4O3Si.C22H21ClN4O3/c1-17-21(12-15-24(30-7)25(17)29)16-23(18(2)36-37(8,9)28(4,5)6)27-33-32-26(35-27)20-10-13-22(14-11-20)31-19(3)34;1-12-16(7-10-19(24-4)20(12)23)11-18(13(2)28)22-27-26-21(30-22)15-5-8-17(9-6-15)25-14(3)29/h10-15,18,23H,16H2,1-6,8-9H3,(H,31,34);5-10,13,18,28H,11H2,1-3H3,(H,25,29)/t18-,23+;13-,18+/m00/s1. The van der Waals surface area contributed by atoms with Crippen LogP contribution in [-0.4, -0.2) is 57.8 Å². The second kappa shape index (κ2) is 22.1. The van der Waals surface area contributed by atoms with Crippen LogP contribution >= 0.6 is 23.2 Å². The first-order valence-electron chi connectivity index (χ1n) is 21.6. The molecule has 2 aromatic heterocycles. The molecule has 2 heterocycles. The lowest BCUT2D eigenvalue weighted by molar-refractivity contribution is -0.115. The van der Waals surface area contributed by atoms with Crippen molar-refractivity contribution in [2.24, 2.45) is 0 Å². The van der Waals surface area contributed by atoms with Crippen molar-refractivity contribution in [2.45, 2.75) is 117 Å². The summed E-state index contributed by atoms with van der Waals surface area (Å²) in [7, 11) is -2.09. The van der Waals surface area contributed by atoms with E-state index >= 15 is 0 Å². The van der Waals surface area contributed by atoms with Gasteiger partial charge in [-0.25, -0.2) is 9.69 Å². The Kier molecular flexibility index (Phi) is 17.0. The van der Waals surface area contributed by atoms with Crippen LogP contribution in [0.25, 0.3) is 32.6 Å². The highest BCUT2D eigenvalue weighted by Crippen LogP contribution is 2.41. The number of hydrogen-bond acceptors (Lipinski definition) is 10. The Labute approximate surface area is 403 Å². The lowest BCUT2D eigenvalue weighted by atomic mass is 9.92. The predicted molar refractivity (Wildman–Crippen MR) is 265 cm³/mol. The summed E-state index contributed by atoms with van der Waals surface area (Å²) in [4.78, 5) is 29.4. The van der Waals surface area contributed by atoms with Crippen LogP contribution < -0.4 is 10.6 Å². The molecule has 3 N–H and O–H groups in total. The first-order valence-corrected chi connectivity index (χ1v) is 25.3. The van der Waals surface area contributed by atoms with E-state index in [1.807, 2.05) is 38.1 Å². The summed E-state index contributed by atoms with van der Waals surface area (Å²) in [5, 5.41) is 33.7. The molecule has 6 rings (SSSR count). The van der Waals surface area contributed by atoms with Crippen LogP contribution in [0.4, 0.5) is 22.7 Å². The smallest absolute Gasteiger partial charge is 0.247 e. The molecular weight excluding hydrogens is 908 g/mol.